The molecule has 0 saturated heterocycles. The second-order valence-electron chi connectivity index (χ2n) is 2.86. The number of nitrogens with zero attached hydrogens (tertiary/aromatic N) is 2. The van der Waals surface area contributed by atoms with Gasteiger partial charge in [0.05, 0.1) is 11.6 Å². The van der Waals surface area contributed by atoms with Crippen molar-refractivity contribution in [1.82, 2.24) is 9.78 Å². The maximum Gasteiger partial charge on any atom is 0.111 e. The molecule has 2 aromatic rings. The summed E-state index contributed by atoms with van der Waals surface area (Å²) in [4.78, 5) is 0. The number of nitrogens with two attached hydrogens (primary N) is 1. The SMILES string of the molecule is NCCn1cc2cccc(Cl)c2n1. The molecule has 1 aromatic heterocycles. The number of fused-ring (bicyclic) bond motifs is 1. The largest absolute Gasteiger partial charge is 0.329 e. The molecule has 0 aliphatic heterocycles. The van der Waals surface area contributed by atoms with E-state index in [1.54, 1.807) is 0 Å². The van der Waals surface area contributed by atoms with Gasteiger partial charge in [0, 0.05) is 18.1 Å². The van der Waals surface area contributed by atoms with Gasteiger partial charge in [0.1, 0.15) is 5.52 Å². The van der Waals surface area contributed by atoms with Crippen LogP contribution < -0.4 is 5.73 Å². The molecule has 0 radical (unpaired) electrons. The topological polar surface area (TPSA) is 43.8 Å². The molecule has 1 aromatic carbocycles. The van der Waals surface area contributed by atoms with Crippen LogP contribution in [0.5, 0.6) is 0 Å². The third-order valence-electron chi connectivity index (χ3n) is 1.89. The highest BCUT2D eigenvalue weighted by Gasteiger charge is 2.02. The van der Waals surface area contributed by atoms with E-state index in [9.17, 15) is 0 Å². The van der Waals surface area contributed by atoms with Crippen molar-refractivity contribution >= 4 is 22.5 Å². The molecule has 0 atom stereocenters. The third-order valence-corrected chi connectivity index (χ3v) is 2.20. The van der Waals surface area contributed by atoms with Gasteiger partial charge in [-0.25, -0.2) is 0 Å². The lowest BCUT2D eigenvalue weighted by molar-refractivity contribution is 0.632. The zero-order valence-corrected chi connectivity index (χ0v) is 7.83. The normalized spacial score (nSPS) is 10.9. The van der Waals surface area contributed by atoms with Crippen molar-refractivity contribution in [3.05, 3.63) is 29.4 Å². The monoisotopic (exact) mass is 195 g/mol. The van der Waals surface area contributed by atoms with E-state index in [1.165, 1.54) is 0 Å². The van der Waals surface area contributed by atoms with Crippen LogP contribution in [0.15, 0.2) is 24.4 Å². The van der Waals surface area contributed by atoms with Crippen LogP contribution in [0.1, 0.15) is 0 Å². The van der Waals surface area contributed by atoms with E-state index >= 15 is 0 Å². The molecule has 0 aliphatic carbocycles. The van der Waals surface area contributed by atoms with Crippen molar-refractivity contribution < 1.29 is 0 Å². The lowest BCUT2D eigenvalue weighted by Gasteiger charge is -1.94. The van der Waals surface area contributed by atoms with Crippen molar-refractivity contribution in [1.29, 1.82) is 0 Å². The first-order valence-corrected chi connectivity index (χ1v) is 4.51. The number of hydrogen-bond donors (Lipinski definition) is 1. The number of benzene rings is 1. The van der Waals surface area contributed by atoms with E-state index in [2.05, 4.69) is 5.10 Å². The van der Waals surface area contributed by atoms with Gasteiger partial charge in [-0.15, -0.1) is 0 Å². The zero-order valence-electron chi connectivity index (χ0n) is 7.07. The van der Waals surface area contributed by atoms with E-state index in [0.29, 0.717) is 11.6 Å². The fourth-order valence-electron chi connectivity index (χ4n) is 1.31. The van der Waals surface area contributed by atoms with Crippen LogP contribution in [0, 0.1) is 0 Å². The molecule has 0 amide bonds. The van der Waals surface area contributed by atoms with E-state index in [-0.39, 0.29) is 0 Å². The van der Waals surface area contributed by atoms with Gasteiger partial charge in [-0.05, 0) is 6.07 Å². The minimum absolute atomic E-state index is 0.589. The lowest BCUT2D eigenvalue weighted by atomic mass is 10.3. The van der Waals surface area contributed by atoms with Crippen molar-refractivity contribution in [3.8, 4) is 0 Å². The Kier molecular flexibility index (Phi) is 2.20. The first kappa shape index (κ1) is 8.53. The van der Waals surface area contributed by atoms with E-state index < -0.39 is 0 Å². The first-order chi connectivity index (χ1) is 6.31. The summed E-state index contributed by atoms with van der Waals surface area (Å²) in [6, 6.07) is 5.74. The Bertz CT molecular complexity index is 422. The Morgan fingerprint density at radius 3 is 3.00 bits per heavy atom. The van der Waals surface area contributed by atoms with Gasteiger partial charge in [0.15, 0.2) is 0 Å². The molecule has 3 nitrogen and oxygen atoms in total. The van der Waals surface area contributed by atoms with Crippen molar-refractivity contribution in [2.75, 3.05) is 6.54 Å². The van der Waals surface area contributed by atoms with E-state index in [0.717, 1.165) is 17.4 Å². The molecule has 0 aliphatic rings. The lowest BCUT2D eigenvalue weighted by Crippen LogP contribution is -2.09. The van der Waals surface area contributed by atoms with Crippen LogP contribution in [0.3, 0.4) is 0 Å². The third kappa shape index (κ3) is 1.53. The maximum atomic E-state index is 5.96. The summed E-state index contributed by atoms with van der Waals surface area (Å²) in [6.07, 6.45) is 1.95. The van der Waals surface area contributed by atoms with Crippen LogP contribution in [0.4, 0.5) is 0 Å². The van der Waals surface area contributed by atoms with Gasteiger partial charge in [-0.2, -0.15) is 5.10 Å². The average Bonchev–Trinajstić information content (AvgIpc) is 2.49. The second-order valence-corrected chi connectivity index (χ2v) is 3.27. The van der Waals surface area contributed by atoms with Gasteiger partial charge >= 0.3 is 0 Å². The quantitative estimate of drug-likeness (QED) is 0.792. The first-order valence-electron chi connectivity index (χ1n) is 4.13. The summed E-state index contributed by atoms with van der Waals surface area (Å²) in [5.74, 6) is 0. The number of aromatic nitrogens is 2. The molecule has 0 bridgehead atoms. The number of hydrogen-bond acceptors (Lipinski definition) is 2. The van der Waals surface area contributed by atoms with Crippen LogP contribution in [0.25, 0.3) is 10.9 Å². The van der Waals surface area contributed by atoms with Gasteiger partial charge < -0.3 is 5.73 Å². The molecule has 2 rings (SSSR count). The van der Waals surface area contributed by atoms with E-state index in [4.69, 9.17) is 17.3 Å². The zero-order chi connectivity index (χ0) is 9.26. The molecule has 2 N–H and O–H groups in total. The highest BCUT2D eigenvalue weighted by atomic mass is 35.5. The number of halogens is 1. The smallest absolute Gasteiger partial charge is 0.111 e. The summed E-state index contributed by atoms with van der Waals surface area (Å²) >= 11 is 5.96. The Morgan fingerprint density at radius 1 is 1.46 bits per heavy atom. The second kappa shape index (κ2) is 3.36. The Balaban J connectivity index is 2.55. The minimum Gasteiger partial charge on any atom is -0.329 e. The van der Waals surface area contributed by atoms with Crippen LogP contribution in [-0.2, 0) is 6.54 Å². The Labute approximate surface area is 81.1 Å². The molecule has 0 unspecified atom stereocenters. The predicted octanol–water partition coefficient (Wildman–Crippen LogP) is 1.65. The highest BCUT2D eigenvalue weighted by molar-refractivity contribution is 6.35. The summed E-state index contributed by atoms with van der Waals surface area (Å²) < 4.78 is 1.82. The van der Waals surface area contributed by atoms with Crippen LogP contribution >= 0.6 is 11.6 Å². The summed E-state index contributed by atoms with van der Waals surface area (Å²) in [5.41, 5.74) is 6.27. The molecular formula is C9H10ClN3. The molecule has 1 heterocycles. The fourth-order valence-corrected chi connectivity index (χ4v) is 1.53. The average molecular weight is 196 g/mol. The molecule has 68 valence electrons. The molecular weight excluding hydrogens is 186 g/mol. The standard InChI is InChI=1S/C9H10ClN3/c10-8-3-1-2-7-6-13(5-4-11)12-9(7)8/h1-3,6H,4-5,11H2. The molecule has 0 spiro atoms. The summed E-state index contributed by atoms with van der Waals surface area (Å²) in [6.45, 7) is 1.32. The van der Waals surface area contributed by atoms with Gasteiger partial charge in [-0.1, -0.05) is 23.7 Å². The van der Waals surface area contributed by atoms with Gasteiger partial charge in [0.25, 0.3) is 0 Å². The fraction of sp³-hybridized carbons (Fsp3) is 0.222. The molecule has 0 saturated carbocycles. The van der Waals surface area contributed by atoms with Crippen molar-refractivity contribution in [3.63, 3.8) is 0 Å². The van der Waals surface area contributed by atoms with Crippen LogP contribution in [-0.4, -0.2) is 16.3 Å². The van der Waals surface area contributed by atoms with Crippen molar-refractivity contribution in [2.24, 2.45) is 5.73 Å². The van der Waals surface area contributed by atoms with E-state index in [1.807, 2.05) is 29.1 Å². The van der Waals surface area contributed by atoms with Crippen LogP contribution in [0.2, 0.25) is 5.02 Å². The van der Waals surface area contributed by atoms with Gasteiger partial charge in [-0.3, -0.25) is 4.68 Å². The molecule has 13 heavy (non-hydrogen) atoms. The Hall–Kier alpha value is -1.06. The molecule has 4 heteroatoms. The predicted molar refractivity (Wildman–Crippen MR) is 53.8 cm³/mol. The Morgan fingerprint density at radius 2 is 2.31 bits per heavy atom. The van der Waals surface area contributed by atoms with Crippen molar-refractivity contribution in [2.45, 2.75) is 6.54 Å². The summed E-state index contributed by atoms with van der Waals surface area (Å²) in [7, 11) is 0. The highest BCUT2D eigenvalue weighted by Crippen LogP contribution is 2.20. The maximum absolute atomic E-state index is 5.96. The summed E-state index contributed by atoms with van der Waals surface area (Å²) in [5, 5.41) is 6.05. The minimum atomic E-state index is 0.589. The molecule has 0 fully saturated rings. The number of rotatable bonds is 2. The van der Waals surface area contributed by atoms with Gasteiger partial charge in [0.2, 0.25) is 0 Å².